The highest BCUT2D eigenvalue weighted by Crippen LogP contribution is 2.65. The number of rotatable bonds is 7. The molecule has 0 aliphatic carbocycles. The van der Waals surface area contributed by atoms with Gasteiger partial charge < -0.3 is 14.7 Å². The molecule has 10 nitrogen and oxygen atoms in total. The van der Waals surface area contributed by atoms with Crippen LogP contribution >= 0.6 is 23.4 Å². The van der Waals surface area contributed by atoms with Gasteiger partial charge in [0, 0.05) is 0 Å². The second kappa shape index (κ2) is 6.04. The molecule has 0 spiro atoms. The minimum Gasteiger partial charge on any atom is -0.312 e. The Kier molecular flexibility index (Phi) is 6.18. The van der Waals surface area contributed by atoms with Crippen LogP contribution in [0.5, 0.6) is 0 Å². The van der Waals surface area contributed by atoms with Gasteiger partial charge in [0.05, 0.1) is 6.10 Å². The van der Waals surface area contributed by atoms with Gasteiger partial charge in [0.1, 0.15) is 0 Å². The third-order valence-corrected chi connectivity index (χ3v) is 5.35. The summed E-state index contributed by atoms with van der Waals surface area (Å²) in [6.45, 7) is 3.04. The largest absolute Gasteiger partial charge is 0.489 e. The van der Waals surface area contributed by atoms with Crippen molar-refractivity contribution >= 4 is 23.4 Å². The predicted molar refractivity (Wildman–Crippen MR) is 56.7 cm³/mol. The quantitative estimate of drug-likeness (QED) is 0.499. The van der Waals surface area contributed by atoms with E-state index < -0.39 is 29.5 Å². The van der Waals surface area contributed by atoms with E-state index in [1.807, 2.05) is 0 Å². The lowest BCUT2D eigenvalue weighted by Gasteiger charge is -2.18. The van der Waals surface area contributed by atoms with Gasteiger partial charge in [-0.3, -0.25) is 4.52 Å². The SMILES string of the molecule is CCC(C)OP(=O)(O)OP(=O)(O)OP(N)(=O)O. The van der Waals surface area contributed by atoms with Gasteiger partial charge in [-0.2, -0.15) is 8.62 Å². The zero-order chi connectivity index (χ0) is 13.9. The normalized spacial score (nSPS) is 24.4. The molecule has 17 heavy (non-hydrogen) atoms. The first-order valence-corrected chi connectivity index (χ1v) is 8.88. The Bertz CT molecular complexity index is 390. The van der Waals surface area contributed by atoms with Gasteiger partial charge in [-0.1, -0.05) is 6.92 Å². The summed E-state index contributed by atoms with van der Waals surface area (Å²) in [7, 11) is -15.0. The van der Waals surface area contributed by atoms with Gasteiger partial charge in [0.25, 0.3) is 0 Å². The lowest BCUT2D eigenvalue weighted by atomic mass is 10.3. The van der Waals surface area contributed by atoms with E-state index in [1.54, 1.807) is 6.92 Å². The van der Waals surface area contributed by atoms with Crippen LogP contribution in [0.15, 0.2) is 0 Å². The number of phosphoric ester groups is 1. The average Bonchev–Trinajstić information content (AvgIpc) is 1.94. The van der Waals surface area contributed by atoms with Gasteiger partial charge in [-0.15, -0.1) is 0 Å². The Morgan fingerprint density at radius 2 is 1.59 bits per heavy atom. The molecule has 0 saturated carbocycles. The van der Waals surface area contributed by atoms with Crippen LogP contribution in [0, 0.1) is 0 Å². The van der Waals surface area contributed by atoms with Crippen molar-refractivity contribution in [2.75, 3.05) is 0 Å². The highest BCUT2D eigenvalue weighted by atomic mass is 31.3. The van der Waals surface area contributed by atoms with Gasteiger partial charge in [0.2, 0.25) is 0 Å². The molecule has 0 amide bonds. The molecule has 0 aromatic carbocycles. The molecule has 0 saturated heterocycles. The third-order valence-electron chi connectivity index (χ3n) is 1.31. The standard InChI is InChI=1S/C4H14NO9P3/c1-3-4(2)12-16(8,9)14-17(10,11)13-15(5,6)7/h4H,3H2,1-2H3,(H,8,9)(H,10,11)(H3,5,6,7). The molecule has 104 valence electrons. The van der Waals surface area contributed by atoms with Crippen molar-refractivity contribution in [3.8, 4) is 0 Å². The Morgan fingerprint density at radius 3 is 1.94 bits per heavy atom. The Morgan fingerprint density at radius 1 is 1.12 bits per heavy atom. The molecular formula is C4H14NO9P3. The molecule has 0 heterocycles. The minimum atomic E-state index is -5.28. The van der Waals surface area contributed by atoms with E-state index in [2.05, 4.69) is 18.6 Å². The molecule has 0 aromatic heterocycles. The van der Waals surface area contributed by atoms with Crippen molar-refractivity contribution < 1.29 is 41.5 Å². The van der Waals surface area contributed by atoms with Crippen molar-refractivity contribution in [1.29, 1.82) is 0 Å². The highest BCUT2D eigenvalue weighted by Gasteiger charge is 2.40. The summed E-state index contributed by atoms with van der Waals surface area (Å²) < 4.78 is 44.3. The summed E-state index contributed by atoms with van der Waals surface area (Å²) in [5, 5.41) is 0. The number of hydrogen-bond acceptors (Lipinski definition) is 6. The Labute approximate surface area is 97.5 Å². The molecule has 0 aromatic rings. The predicted octanol–water partition coefficient (Wildman–Crippen LogP) is 1.09. The van der Waals surface area contributed by atoms with Crippen LogP contribution in [0.2, 0.25) is 0 Å². The molecule has 0 bridgehead atoms. The van der Waals surface area contributed by atoms with E-state index in [1.165, 1.54) is 6.92 Å². The number of phosphoric acid groups is 2. The fourth-order valence-electron chi connectivity index (χ4n) is 0.614. The van der Waals surface area contributed by atoms with E-state index in [4.69, 9.17) is 14.7 Å². The van der Waals surface area contributed by atoms with Gasteiger partial charge in [0.15, 0.2) is 0 Å². The Hall–Kier alpha value is 0.410. The highest BCUT2D eigenvalue weighted by molar-refractivity contribution is 7.67. The maximum atomic E-state index is 11.2. The summed E-state index contributed by atoms with van der Waals surface area (Å²) >= 11 is 0. The first kappa shape index (κ1) is 17.4. The minimum absolute atomic E-state index is 0.333. The Balaban J connectivity index is 4.65. The lowest BCUT2D eigenvalue weighted by molar-refractivity contribution is 0.135. The topological polar surface area (TPSA) is 166 Å². The van der Waals surface area contributed by atoms with Crippen LogP contribution < -0.4 is 5.50 Å². The fourth-order valence-corrected chi connectivity index (χ4v) is 3.99. The molecule has 13 heteroatoms. The van der Waals surface area contributed by atoms with Gasteiger partial charge in [-0.25, -0.2) is 19.2 Å². The van der Waals surface area contributed by atoms with E-state index >= 15 is 0 Å². The van der Waals surface area contributed by atoms with Crippen LogP contribution in [0.4, 0.5) is 0 Å². The molecular weight excluding hydrogens is 299 g/mol. The molecule has 0 aliphatic rings. The van der Waals surface area contributed by atoms with Crippen LogP contribution in [-0.4, -0.2) is 20.8 Å². The van der Waals surface area contributed by atoms with Crippen molar-refractivity contribution in [3.05, 3.63) is 0 Å². The van der Waals surface area contributed by atoms with E-state index in [0.29, 0.717) is 6.42 Å². The van der Waals surface area contributed by atoms with E-state index in [-0.39, 0.29) is 0 Å². The first-order chi connectivity index (χ1) is 7.37. The molecule has 0 fully saturated rings. The molecule has 0 rings (SSSR count). The summed E-state index contributed by atoms with van der Waals surface area (Å²) in [6, 6.07) is 0. The fraction of sp³-hybridized carbons (Fsp3) is 1.00. The molecule has 4 unspecified atom stereocenters. The summed E-state index contributed by atoms with van der Waals surface area (Å²) in [5.41, 5.74) is 4.43. The maximum Gasteiger partial charge on any atom is 0.489 e. The molecule has 0 aliphatic heterocycles. The molecule has 0 radical (unpaired) electrons. The van der Waals surface area contributed by atoms with Crippen LogP contribution in [0.1, 0.15) is 20.3 Å². The van der Waals surface area contributed by atoms with E-state index in [0.717, 1.165) is 0 Å². The van der Waals surface area contributed by atoms with Crippen LogP contribution in [0.25, 0.3) is 0 Å². The zero-order valence-corrected chi connectivity index (χ0v) is 11.7. The third kappa shape index (κ3) is 9.04. The average molecular weight is 313 g/mol. The number of nitrogens with two attached hydrogens (primary N) is 1. The second-order valence-electron chi connectivity index (χ2n) is 2.99. The van der Waals surface area contributed by atoms with Gasteiger partial charge >= 0.3 is 23.4 Å². The van der Waals surface area contributed by atoms with Crippen molar-refractivity contribution in [1.82, 2.24) is 0 Å². The maximum absolute atomic E-state index is 11.2. The van der Waals surface area contributed by atoms with Crippen molar-refractivity contribution in [2.45, 2.75) is 26.4 Å². The molecule has 5 N–H and O–H groups in total. The van der Waals surface area contributed by atoms with Crippen LogP contribution in [-0.2, 0) is 26.8 Å². The van der Waals surface area contributed by atoms with Crippen molar-refractivity contribution in [2.24, 2.45) is 5.50 Å². The number of hydrogen-bond donors (Lipinski definition) is 4. The monoisotopic (exact) mass is 313 g/mol. The van der Waals surface area contributed by atoms with E-state index in [9.17, 15) is 13.7 Å². The smallest absolute Gasteiger partial charge is 0.312 e. The summed E-state index contributed by atoms with van der Waals surface area (Å²) in [4.78, 5) is 26.4. The zero-order valence-electron chi connectivity index (χ0n) is 8.99. The lowest BCUT2D eigenvalue weighted by Crippen LogP contribution is -2.06. The molecule has 4 atom stereocenters. The summed E-state index contributed by atoms with van der Waals surface area (Å²) in [6.07, 6.45) is -0.399. The first-order valence-electron chi connectivity index (χ1n) is 4.25. The summed E-state index contributed by atoms with van der Waals surface area (Å²) in [5.74, 6) is 0. The van der Waals surface area contributed by atoms with Crippen LogP contribution in [0.3, 0.4) is 0 Å². The second-order valence-corrected chi connectivity index (χ2v) is 7.51. The van der Waals surface area contributed by atoms with Gasteiger partial charge in [-0.05, 0) is 13.3 Å². The van der Waals surface area contributed by atoms with Crippen molar-refractivity contribution in [3.63, 3.8) is 0 Å².